The maximum absolute atomic E-state index is 11.6. The fourth-order valence-electron chi connectivity index (χ4n) is 2.03. The average molecular weight is 320 g/mol. The predicted molar refractivity (Wildman–Crippen MR) is 93.8 cm³/mol. The van der Waals surface area contributed by atoms with Gasteiger partial charge in [-0.3, -0.25) is 9.79 Å². The van der Waals surface area contributed by atoms with Crippen molar-refractivity contribution in [3.8, 4) is 5.75 Å². The van der Waals surface area contributed by atoms with E-state index in [9.17, 15) is 4.79 Å². The highest BCUT2D eigenvalue weighted by Gasteiger charge is 2.08. The van der Waals surface area contributed by atoms with E-state index in [0.717, 1.165) is 24.8 Å². The van der Waals surface area contributed by atoms with Gasteiger partial charge in [-0.1, -0.05) is 12.1 Å². The van der Waals surface area contributed by atoms with Crippen molar-refractivity contribution in [2.45, 2.75) is 19.9 Å². The number of benzene rings is 1. The van der Waals surface area contributed by atoms with E-state index in [1.807, 2.05) is 43.1 Å². The van der Waals surface area contributed by atoms with Crippen LogP contribution in [-0.2, 0) is 11.3 Å². The van der Waals surface area contributed by atoms with Gasteiger partial charge in [0.25, 0.3) is 0 Å². The van der Waals surface area contributed by atoms with Crippen LogP contribution in [0.25, 0.3) is 0 Å². The van der Waals surface area contributed by atoms with Gasteiger partial charge in [0.2, 0.25) is 5.91 Å². The molecule has 0 fully saturated rings. The number of ether oxygens (including phenoxy) is 1. The third-order valence-corrected chi connectivity index (χ3v) is 3.36. The zero-order valence-corrected chi connectivity index (χ0v) is 14.8. The third kappa shape index (κ3) is 6.59. The Balaban J connectivity index is 2.65. The first kappa shape index (κ1) is 18.8. The molecule has 0 aliphatic carbocycles. The number of carbonyl (C=O) groups excluding carboxylic acids is 1. The summed E-state index contributed by atoms with van der Waals surface area (Å²) in [4.78, 5) is 19.8. The van der Waals surface area contributed by atoms with Crippen molar-refractivity contribution in [2.24, 2.45) is 4.99 Å². The van der Waals surface area contributed by atoms with Crippen molar-refractivity contribution in [1.82, 2.24) is 15.1 Å². The van der Waals surface area contributed by atoms with Gasteiger partial charge in [0.05, 0.1) is 13.7 Å². The Hall–Kier alpha value is -2.24. The maximum atomic E-state index is 11.6. The van der Waals surface area contributed by atoms with Crippen LogP contribution in [-0.4, -0.2) is 63.0 Å². The summed E-state index contributed by atoms with van der Waals surface area (Å²) in [6.07, 6.45) is 0.415. The first-order valence-electron chi connectivity index (χ1n) is 7.80. The van der Waals surface area contributed by atoms with Gasteiger partial charge < -0.3 is 19.9 Å². The van der Waals surface area contributed by atoms with Crippen LogP contribution in [0, 0.1) is 0 Å². The molecule has 23 heavy (non-hydrogen) atoms. The summed E-state index contributed by atoms with van der Waals surface area (Å²) in [6.45, 7) is 4.03. The molecule has 0 radical (unpaired) electrons. The molecular formula is C17H28N4O2. The van der Waals surface area contributed by atoms with Crippen LogP contribution in [0.3, 0.4) is 0 Å². The molecule has 1 aromatic rings. The quantitative estimate of drug-likeness (QED) is 0.612. The van der Waals surface area contributed by atoms with Gasteiger partial charge in [-0.05, 0) is 24.6 Å². The van der Waals surface area contributed by atoms with E-state index >= 15 is 0 Å². The number of carbonyl (C=O) groups is 1. The van der Waals surface area contributed by atoms with Crippen molar-refractivity contribution < 1.29 is 9.53 Å². The first-order chi connectivity index (χ1) is 11.0. The van der Waals surface area contributed by atoms with Gasteiger partial charge >= 0.3 is 0 Å². The number of guanidine groups is 1. The molecule has 0 aliphatic rings. The van der Waals surface area contributed by atoms with Crippen molar-refractivity contribution in [1.29, 1.82) is 0 Å². The molecule has 128 valence electrons. The van der Waals surface area contributed by atoms with Gasteiger partial charge in [-0.25, -0.2) is 0 Å². The molecule has 0 saturated heterocycles. The van der Waals surface area contributed by atoms with Crippen molar-refractivity contribution in [3.05, 3.63) is 29.8 Å². The summed E-state index contributed by atoms with van der Waals surface area (Å²) >= 11 is 0. The molecular weight excluding hydrogens is 292 g/mol. The van der Waals surface area contributed by atoms with E-state index in [1.54, 1.807) is 26.1 Å². The minimum Gasteiger partial charge on any atom is -0.497 e. The topological polar surface area (TPSA) is 57.2 Å². The summed E-state index contributed by atoms with van der Waals surface area (Å²) in [7, 11) is 7.16. The Bertz CT molecular complexity index is 512. The Morgan fingerprint density at radius 2 is 1.87 bits per heavy atom. The van der Waals surface area contributed by atoms with Crippen LogP contribution in [0.15, 0.2) is 29.3 Å². The first-order valence-corrected chi connectivity index (χ1v) is 7.80. The lowest BCUT2D eigenvalue weighted by atomic mass is 10.2. The lowest BCUT2D eigenvalue weighted by molar-refractivity contribution is -0.128. The lowest BCUT2D eigenvalue weighted by Gasteiger charge is -2.22. The molecule has 0 spiro atoms. The number of amides is 1. The van der Waals surface area contributed by atoms with Crippen LogP contribution in [0.2, 0.25) is 0 Å². The smallest absolute Gasteiger partial charge is 0.223 e. The second kappa shape index (κ2) is 9.71. The molecule has 1 rings (SSSR count). The lowest BCUT2D eigenvalue weighted by Crippen LogP contribution is -2.38. The summed E-state index contributed by atoms with van der Waals surface area (Å²) < 4.78 is 5.17. The molecule has 0 unspecified atom stereocenters. The number of nitrogens with zero attached hydrogens (tertiary/aromatic N) is 3. The summed E-state index contributed by atoms with van der Waals surface area (Å²) in [6, 6.07) is 7.97. The SMILES string of the molecule is CCNC(=NCCC(=O)N(C)C)N(C)Cc1ccc(OC)cc1. The Kier molecular flexibility index (Phi) is 7.94. The molecule has 0 bridgehead atoms. The molecule has 0 atom stereocenters. The highest BCUT2D eigenvalue weighted by Crippen LogP contribution is 2.12. The third-order valence-electron chi connectivity index (χ3n) is 3.36. The highest BCUT2D eigenvalue weighted by molar-refractivity contribution is 5.80. The number of rotatable bonds is 7. The molecule has 0 aromatic heterocycles. The van der Waals surface area contributed by atoms with E-state index in [4.69, 9.17) is 4.74 Å². The normalized spacial score (nSPS) is 11.1. The number of hydrogen-bond acceptors (Lipinski definition) is 3. The molecule has 0 heterocycles. The van der Waals surface area contributed by atoms with Crippen LogP contribution >= 0.6 is 0 Å². The van der Waals surface area contributed by atoms with E-state index in [2.05, 4.69) is 10.3 Å². The van der Waals surface area contributed by atoms with E-state index in [-0.39, 0.29) is 5.91 Å². The fourth-order valence-corrected chi connectivity index (χ4v) is 2.03. The summed E-state index contributed by atoms with van der Waals surface area (Å²) in [5.41, 5.74) is 1.17. The van der Waals surface area contributed by atoms with E-state index in [0.29, 0.717) is 13.0 Å². The molecule has 0 saturated carbocycles. The van der Waals surface area contributed by atoms with Gasteiger partial charge in [0, 0.05) is 40.7 Å². The minimum atomic E-state index is 0.0856. The zero-order chi connectivity index (χ0) is 17.2. The van der Waals surface area contributed by atoms with E-state index < -0.39 is 0 Å². The second-order valence-corrected chi connectivity index (χ2v) is 5.48. The molecule has 6 heteroatoms. The number of methoxy groups -OCH3 is 1. The van der Waals surface area contributed by atoms with Crippen LogP contribution < -0.4 is 10.1 Å². The Labute approximate surface area is 139 Å². The van der Waals surface area contributed by atoms with Crippen LogP contribution in [0.5, 0.6) is 5.75 Å². The van der Waals surface area contributed by atoms with Gasteiger partial charge in [0.15, 0.2) is 5.96 Å². The minimum absolute atomic E-state index is 0.0856. The molecule has 1 N–H and O–H groups in total. The van der Waals surface area contributed by atoms with E-state index in [1.165, 1.54) is 5.56 Å². The van der Waals surface area contributed by atoms with Crippen molar-refractivity contribution in [2.75, 3.05) is 41.3 Å². The van der Waals surface area contributed by atoms with Crippen LogP contribution in [0.1, 0.15) is 18.9 Å². The highest BCUT2D eigenvalue weighted by atomic mass is 16.5. The van der Waals surface area contributed by atoms with Crippen molar-refractivity contribution >= 4 is 11.9 Å². The average Bonchev–Trinajstić information content (AvgIpc) is 2.54. The van der Waals surface area contributed by atoms with Gasteiger partial charge in [-0.15, -0.1) is 0 Å². The molecule has 1 aromatic carbocycles. The van der Waals surface area contributed by atoms with Gasteiger partial charge in [-0.2, -0.15) is 0 Å². The standard InChI is InChI=1S/C17H28N4O2/c1-6-18-17(19-12-11-16(22)20(2)3)21(4)13-14-7-9-15(23-5)10-8-14/h7-10H,6,11-13H2,1-5H3,(H,18,19). The largest absolute Gasteiger partial charge is 0.497 e. The fraction of sp³-hybridized carbons (Fsp3) is 0.529. The molecule has 0 aliphatic heterocycles. The number of nitrogens with one attached hydrogen (secondary N) is 1. The van der Waals surface area contributed by atoms with Crippen LogP contribution in [0.4, 0.5) is 0 Å². The summed E-state index contributed by atoms with van der Waals surface area (Å²) in [5, 5.41) is 3.25. The Morgan fingerprint density at radius 1 is 1.22 bits per heavy atom. The second-order valence-electron chi connectivity index (χ2n) is 5.48. The number of aliphatic imine (C=N–C) groups is 1. The summed E-state index contributed by atoms with van der Waals surface area (Å²) in [5.74, 6) is 1.73. The molecule has 1 amide bonds. The maximum Gasteiger partial charge on any atom is 0.223 e. The molecule has 6 nitrogen and oxygen atoms in total. The predicted octanol–water partition coefficient (Wildman–Crippen LogP) is 1.57. The Morgan fingerprint density at radius 3 is 2.39 bits per heavy atom. The number of hydrogen-bond donors (Lipinski definition) is 1. The monoisotopic (exact) mass is 320 g/mol. The van der Waals surface area contributed by atoms with Crippen molar-refractivity contribution in [3.63, 3.8) is 0 Å². The zero-order valence-electron chi connectivity index (χ0n) is 14.8. The van der Waals surface area contributed by atoms with Gasteiger partial charge in [0.1, 0.15) is 5.75 Å².